The van der Waals surface area contributed by atoms with Crippen LogP contribution in [-0.2, 0) is 29.7 Å². The summed E-state index contributed by atoms with van der Waals surface area (Å²) < 4.78 is 2.03. The fourth-order valence-corrected chi connectivity index (χ4v) is 8.85. The maximum atomic E-state index is 2.51. The van der Waals surface area contributed by atoms with E-state index in [-0.39, 0.29) is 34.0 Å². The molecule has 2 aromatic rings. The second-order valence-electron chi connectivity index (χ2n) is 7.42. The number of benzene rings is 2. The fourth-order valence-electron chi connectivity index (χ4n) is 4.32. The molecule has 2 aliphatic carbocycles. The molecule has 2 aliphatic rings. The van der Waals surface area contributed by atoms with E-state index >= 15 is 0 Å². The zero-order valence-corrected chi connectivity index (χ0v) is 21.6. The first-order chi connectivity index (χ1) is 11.4. The summed E-state index contributed by atoms with van der Waals surface area (Å²) in [5.41, 5.74) is 12.4. The molecule has 0 N–H and O–H groups in total. The molecule has 0 unspecified atom stereocenters. The van der Waals surface area contributed by atoms with Crippen LogP contribution in [0.4, 0.5) is 0 Å². The van der Waals surface area contributed by atoms with Crippen LogP contribution in [0.25, 0.3) is 11.1 Å². The molecular weight excluding hydrogens is 527 g/mol. The Labute approximate surface area is 190 Å². The van der Waals surface area contributed by atoms with E-state index < -0.39 is 23.2 Å². The quantitative estimate of drug-likeness (QED) is 0.416. The van der Waals surface area contributed by atoms with Crippen molar-refractivity contribution < 1.29 is 57.2 Å². The molecule has 0 radical (unpaired) electrons. The van der Waals surface area contributed by atoms with Crippen LogP contribution >= 0.6 is 0 Å². The van der Waals surface area contributed by atoms with Gasteiger partial charge in [0, 0.05) is 0 Å². The Hall–Kier alpha value is -0.237. The van der Waals surface area contributed by atoms with Crippen molar-refractivity contribution >= 4 is 3.27 Å². The molecule has 26 heavy (non-hydrogen) atoms. The monoisotopic (exact) mass is 548 g/mol. The average Bonchev–Trinajstić information content (AvgIpc) is 3.04. The van der Waals surface area contributed by atoms with E-state index in [1.165, 1.54) is 27.8 Å². The van der Waals surface area contributed by atoms with Crippen LogP contribution in [0, 0.1) is 0 Å². The Bertz CT molecular complexity index is 898. The number of halogens is 2. The zero-order chi connectivity index (χ0) is 17.1. The molecule has 0 saturated heterocycles. The third-order valence-corrected chi connectivity index (χ3v) is 11.3. The van der Waals surface area contributed by atoms with Crippen molar-refractivity contribution in [2.45, 2.75) is 44.2 Å². The van der Waals surface area contributed by atoms with E-state index in [0.29, 0.717) is 3.12 Å². The maximum Gasteiger partial charge on any atom is -1.00 e. The molecule has 0 aromatic heterocycles. The largest absolute Gasteiger partial charge is 1.00 e. The van der Waals surface area contributed by atoms with Crippen molar-refractivity contribution in [3.63, 3.8) is 0 Å². The van der Waals surface area contributed by atoms with Crippen LogP contribution in [0.15, 0.2) is 64.8 Å². The molecule has 0 fully saturated rings. The minimum absolute atomic E-state index is 0. The van der Waals surface area contributed by atoms with Gasteiger partial charge in [0.15, 0.2) is 0 Å². The summed E-state index contributed by atoms with van der Waals surface area (Å²) in [5, 5.41) is 0. The van der Waals surface area contributed by atoms with Gasteiger partial charge in [-0.15, -0.1) is 0 Å². The molecule has 0 aliphatic heterocycles. The molecule has 0 nitrogen and oxygen atoms in total. The second kappa shape index (κ2) is 8.02. The maximum absolute atomic E-state index is 2.51. The molecule has 0 amide bonds. The molecule has 0 atom stereocenters. The molecule has 2 aromatic carbocycles. The number of hydrogen-bond donors (Lipinski definition) is 0. The predicted molar refractivity (Wildman–Crippen MR) is 99.4 cm³/mol. The molecule has 134 valence electrons. The van der Waals surface area contributed by atoms with Gasteiger partial charge in [0.05, 0.1) is 0 Å². The van der Waals surface area contributed by atoms with E-state index in [0.717, 1.165) is 6.42 Å². The summed E-state index contributed by atoms with van der Waals surface area (Å²) in [6.07, 6.45) is 1.13. The van der Waals surface area contributed by atoms with E-state index in [4.69, 9.17) is 0 Å². The molecule has 0 spiro atoms. The van der Waals surface area contributed by atoms with Crippen LogP contribution in [0.1, 0.15) is 45.7 Å². The smallest absolute Gasteiger partial charge is 1.00 e. The average molecular weight is 551 g/mol. The Morgan fingerprint density at radius 1 is 0.769 bits per heavy atom. The van der Waals surface area contributed by atoms with Crippen molar-refractivity contribution in [3.8, 4) is 11.1 Å². The molecule has 3 heteroatoms. The first-order valence-corrected chi connectivity index (χ1v) is 11.2. The van der Waals surface area contributed by atoms with Gasteiger partial charge in [-0.25, -0.2) is 0 Å². The number of hydrogen-bond acceptors (Lipinski definition) is 0. The van der Waals surface area contributed by atoms with Crippen molar-refractivity contribution in [2.24, 2.45) is 0 Å². The van der Waals surface area contributed by atoms with Crippen LogP contribution in [0.3, 0.4) is 0 Å². The molecule has 0 bridgehead atoms. The number of allylic oxidation sites excluding steroid dienone is 4. The summed E-state index contributed by atoms with van der Waals surface area (Å²) >= 11 is -0.789. The van der Waals surface area contributed by atoms with Gasteiger partial charge in [-0.1, -0.05) is 0 Å². The molecule has 0 saturated carbocycles. The third-order valence-electron chi connectivity index (χ3n) is 6.42. The predicted octanol–water partition coefficient (Wildman–Crippen LogP) is -0.161. The number of rotatable bonds is 2. The van der Waals surface area contributed by atoms with Crippen molar-refractivity contribution in [1.82, 2.24) is 0 Å². The van der Waals surface area contributed by atoms with Crippen LogP contribution in [0.2, 0.25) is 3.12 Å². The van der Waals surface area contributed by atoms with Gasteiger partial charge in [-0.2, -0.15) is 0 Å². The van der Waals surface area contributed by atoms with Crippen LogP contribution in [-0.4, -0.2) is 0 Å². The summed E-state index contributed by atoms with van der Waals surface area (Å²) in [4.78, 5) is 0. The zero-order valence-electron chi connectivity index (χ0n) is 16.0. The second-order valence-corrected chi connectivity index (χ2v) is 11.8. The summed E-state index contributed by atoms with van der Waals surface area (Å²) in [6.45, 7) is 11.9. The molecular formula is C23H24Br2Zr. The first kappa shape index (κ1) is 22.1. The van der Waals surface area contributed by atoms with Crippen LogP contribution in [0.5, 0.6) is 0 Å². The standard InChI is InChI=1S/C13H9.C10H15.2BrH.Zr/c1-3-7-12-10(5-1)9-11-6-2-4-8-13(11)12;1-6-7(2)9(4)10(5)8(6)3;;;/h1-5,7-8H,9H2;1-5H3;2*1H;/q;;;;+2/p-2. The topological polar surface area (TPSA) is 0 Å². The molecule has 4 rings (SSSR count). The van der Waals surface area contributed by atoms with Gasteiger partial charge < -0.3 is 34.0 Å². The van der Waals surface area contributed by atoms with Crippen molar-refractivity contribution in [1.29, 1.82) is 0 Å². The Morgan fingerprint density at radius 3 is 2.00 bits per heavy atom. The van der Waals surface area contributed by atoms with E-state index in [1.807, 2.05) is 0 Å². The summed E-state index contributed by atoms with van der Waals surface area (Å²) in [7, 11) is 0. The van der Waals surface area contributed by atoms with Gasteiger partial charge >= 0.3 is 158 Å². The third kappa shape index (κ3) is 3.23. The van der Waals surface area contributed by atoms with Crippen molar-refractivity contribution in [2.75, 3.05) is 0 Å². The van der Waals surface area contributed by atoms with Gasteiger partial charge in [-0.05, 0) is 0 Å². The van der Waals surface area contributed by atoms with Gasteiger partial charge in [0.1, 0.15) is 0 Å². The fraction of sp³-hybridized carbons (Fsp3) is 0.304. The summed E-state index contributed by atoms with van der Waals surface area (Å²) in [6, 6.07) is 16.0. The SMILES string of the molecule is CC1=C(C)[C](C)([Zr+2][c]2cccc3c2Cc2ccccc2-3)C(C)=C1C.[Br-].[Br-]. The Kier molecular flexibility index (Phi) is 6.80. The van der Waals surface area contributed by atoms with Gasteiger partial charge in [0.25, 0.3) is 0 Å². The van der Waals surface area contributed by atoms with E-state index in [1.54, 1.807) is 20.0 Å². The van der Waals surface area contributed by atoms with Crippen molar-refractivity contribution in [3.05, 3.63) is 75.9 Å². The van der Waals surface area contributed by atoms with Gasteiger partial charge in [0.2, 0.25) is 0 Å². The van der Waals surface area contributed by atoms with E-state index in [9.17, 15) is 0 Å². The normalized spacial score (nSPS) is 16.5. The molecule has 0 heterocycles. The Morgan fingerprint density at radius 2 is 1.35 bits per heavy atom. The number of fused-ring (bicyclic) bond motifs is 3. The van der Waals surface area contributed by atoms with Crippen LogP contribution < -0.4 is 37.2 Å². The first-order valence-electron chi connectivity index (χ1n) is 8.78. The minimum Gasteiger partial charge on any atom is -1.00 e. The minimum atomic E-state index is -0.789. The van der Waals surface area contributed by atoms with E-state index in [2.05, 4.69) is 77.1 Å². The Balaban J connectivity index is 0.00000121. The summed E-state index contributed by atoms with van der Waals surface area (Å²) in [5.74, 6) is 0. The van der Waals surface area contributed by atoms with Gasteiger partial charge in [-0.3, -0.25) is 0 Å².